The van der Waals surface area contributed by atoms with Gasteiger partial charge in [0.25, 0.3) is 0 Å². The molecule has 0 saturated heterocycles. The Balaban J connectivity index is 3.03. The topological polar surface area (TPSA) is 46.2 Å². The number of nitrogens with one attached hydrogen (secondary N) is 1. The van der Waals surface area contributed by atoms with Gasteiger partial charge in [0.2, 0.25) is 0 Å². The fraction of sp³-hybridized carbons (Fsp3) is 0.538. The van der Waals surface area contributed by atoms with Crippen LogP contribution >= 0.6 is 11.6 Å². The van der Waals surface area contributed by atoms with Gasteiger partial charge in [0.15, 0.2) is 9.84 Å². The van der Waals surface area contributed by atoms with E-state index in [1.54, 1.807) is 13.0 Å². The molecule has 0 bridgehead atoms. The molecule has 0 amide bonds. The molecule has 2 atom stereocenters. The van der Waals surface area contributed by atoms with Gasteiger partial charge in [-0.2, -0.15) is 0 Å². The minimum Gasteiger partial charge on any atom is -0.313 e. The summed E-state index contributed by atoms with van der Waals surface area (Å²) in [7, 11) is -3.20. The van der Waals surface area contributed by atoms with Crippen LogP contribution < -0.4 is 5.32 Å². The van der Waals surface area contributed by atoms with Gasteiger partial charge in [0.1, 0.15) is 5.82 Å². The number of halogens is 2. The van der Waals surface area contributed by atoms with Crippen LogP contribution in [0.1, 0.15) is 19.4 Å². The van der Waals surface area contributed by atoms with Crippen LogP contribution in [0.3, 0.4) is 0 Å². The van der Waals surface area contributed by atoms with Gasteiger partial charge in [-0.05, 0) is 32.0 Å². The lowest BCUT2D eigenvalue weighted by atomic mass is 10.0. The summed E-state index contributed by atoms with van der Waals surface area (Å²) in [6, 6.07) is 4.10. The van der Waals surface area contributed by atoms with E-state index in [0.29, 0.717) is 17.1 Å². The molecule has 0 aromatic heterocycles. The van der Waals surface area contributed by atoms with Crippen molar-refractivity contribution >= 4 is 21.4 Å². The average molecular weight is 308 g/mol. The Bertz CT molecular complexity index is 513. The Hall–Kier alpha value is -0.650. The smallest absolute Gasteiger partial charge is 0.151 e. The van der Waals surface area contributed by atoms with Crippen LogP contribution in [0.25, 0.3) is 0 Å². The zero-order chi connectivity index (χ0) is 14.6. The maximum atomic E-state index is 13.7. The Morgan fingerprint density at radius 2 is 2.05 bits per heavy atom. The van der Waals surface area contributed by atoms with E-state index in [-0.39, 0.29) is 12.5 Å². The molecule has 6 heteroatoms. The first kappa shape index (κ1) is 16.4. The standard InChI is InChI=1S/C13H19ClFNO2S/c1-4-16-13(9(2)19(3,17)18)8-10-11(14)6-5-7-12(10)15/h5-7,9,13,16H,4,8H2,1-3H3. The van der Waals surface area contributed by atoms with Crippen molar-refractivity contribution in [2.75, 3.05) is 12.8 Å². The fourth-order valence-electron chi connectivity index (χ4n) is 1.91. The van der Waals surface area contributed by atoms with E-state index in [0.717, 1.165) is 0 Å². The average Bonchev–Trinajstić information content (AvgIpc) is 2.30. The predicted octanol–water partition coefficient (Wildman–Crippen LogP) is 2.43. The van der Waals surface area contributed by atoms with Crippen molar-refractivity contribution in [1.29, 1.82) is 0 Å². The summed E-state index contributed by atoms with van der Waals surface area (Å²) < 4.78 is 37.0. The van der Waals surface area contributed by atoms with Gasteiger partial charge in [-0.1, -0.05) is 24.6 Å². The largest absolute Gasteiger partial charge is 0.313 e. The minimum absolute atomic E-state index is 0.244. The highest BCUT2D eigenvalue weighted by atomic mass is 35.5. The first-order valence-electron chi connectivity index (χ1n) is 6.12. The van der Waals surface area contributed by atoms with Crippen LogP contribution in [0.4, 0.5) is 4.39 Å². The van der Waals surface area contributed by atoms with Crippen molar-refractivity contribution in [1.82, 2.24) is 5.32 Å². The number of benzene rings is 1. The summed E-state index contributed by atoms with van der Waals surface area (Å²) in [5.41, 5.74) is 0.352. The number of hydrogen-bond acceptors (Lipinski definition) is 3. The van der Waals surface area contributed by atoms with Gasteiger partial charge >= 0.3 is 0 Å². The number of rotatable bonds is 6. The predicted molar refractivity (Wildman–Crippen MR) is 76.9 cm³/mol. The molecule has 0 fully saturated rings. The van der Waals surface area contributed by atoms with Crippen LogP contribution in [0, 0.1) is 5.82 Å². The first-order chi connectivity index (χ1) is 8.77. The maximum Gasteiger partial charge on any atom is 0.151 e. The molecule has 1 rings (SSSR count). The van der Waals surface area contributed by atoms with Crippen LogP contribution in [-0.4, -0.2) is 32.5 Å². The quantitative estimate of drug-likeness (QED) is 0.878. The Labute approximate surface area is 119 Å². The second-order valence-electron chi connectivity index (χ2n) is 4.60. The van der Waals surface area contributed by atoms with E-state index >= 15 is 0 Å². The van der Waals surface area contributed by atoms with Gasteiger partial charge in [-0.25, -0.2) is 12.8 Å². The molecular formula is C13H19ClFNO2S. The molecule has 1 aromatic carbocycles. The van der Waals surface area contributed by atoms with Crippen molar-refractivity contribution in [3.63, 3.8) is 0 Å². The molecular weight excluding hydrogens is 289 g/mol. The van der Waals surface area contributed by atoms with Gasteiger partial charge in [0, 0.05) is 22.9 Å². The third-order valence-corrected chi connectivity index (χ3v) is 5.23. The second-order valence-corrected chi connectivity index (χ2v) is 7.41. The zero-order valence-corrected chi connectivity index (χ0v) is 12.9. The van der Waals surface area contributed by atoms with E-state index in [2.05, 4.69) is 5.32 Å². The van der Waals surface area contributed by atoms with Crippen molar-refractivity contribution < 1.29 is 12.8 Å². The molecule has 0 spiro atoms. The molecule has 0 aliphatic heterocycles. The lowest BCUT2D eigenvalue weighted by molar-refractivity contribution is 0.484. The number of hydrogen-bond donors (Lipinski definition) is 1. The van der Waals surface area contributed by atoms with Crippen molar-refractivity contribution in [2.24, 2.45) is 0 Å². The van der Waals surface area contributed by atoms with Crippen molar-refractivity contribution in [3.8, 4) is 0 Å². The molecule has 0 aliphatic rings. The fourth-order valence-corrected chi connectivity index (χ4v) is 2.94. The van der Waals surface area contributed by atoms with Gasteiger partial charge in [0.05, 0.1) is 5.25 Å². The van der Waals surface area contributed by atoms with Crippen molar-refractivity contribution in [3.05, 3.63) is 34.6 Å². The van der Waals surface area contributed by atoms with E-state index in [1.807, 2.05) is 6.92 Å². The second kappa shape index (κ2) is 6.68. The SMILES string of the molecule is CCNC(Cc1c(F)cccc1Cl)C(C)S(C)(=O)=O. The Morgan fingerprint density at radius 3 is 2.53 bits per heavy atom. The molecule has 19 heavy (non-hydrogen) atoms. The summed E-state index contributed by atoms with van der Waals surface area (Å²) >= 11 is 5.98. The minimum atomic E-state index is -3.20. The Morgan fingerprint density at radius 1 is 1.42 bits per heavy atom. The van der Waals surface area contributed by atoms with E-state index in [1.165, 1.54) is 18.4 Å². The monoisotopic (exact) mass is 307 g/mol. The lowest BCUT2D eigenvalue weighted by Gasteiger charge is -2.24. The van der Waals surface area contributed by atoms with Gasteiger partial charge < -0.3 is 5.32 Å². The van der Waals surface area contributed by atoms with Gasteiger partial charge in [-0.15, -0.1) is 0 Å². The van der Waals surface area contributed by atoms with Gasteiger partial charge in [-0.3, -0.25) is 0 Å². The third kappa shape index (κ3) is 4.44. The summed E-state index contributed by atoms with van der Waals surface area (Å²) in [6.07, 6.45) is 1.43. The molecule has 2 unspecified atom stereocenters. The molecule has 1 N–H and O–H groups in total. The molecule has 3 nitrogen and oxygen atoms in total. The van der Waals surface area contributed by atoms with Crippen LogP contribution in [0.5, 0.6) is 0 Å². The summed E-state index contributed by atoms with van der Waals surface area (Å²) in [4.78, 5) is 0. The first-order valence-corrected chi connectivity index (χ1v) is 8.45. The summed E-state index contributed by atoms with van der Waals surface area (Å²) in [5, 5.41) is 2.80. The highest BCUT2D eigenvalue weighted by Crippen LogP contribution is 2.22. The van der Waals surface area contributed by atoms with Crippen LogP contribution in [0.2, 0.25) is 5.02 Å². The zero-order valence-electron chi connectivity index (χ0n) is 11.3. The number of sulfone groups is 1. The maximum absolute atomic E-state index is 13.7. The molecule has 108 valence electrons. The normalized spacial score (nSPS) is 15.2. The molecule has 0 heterocycles. The van der Waals surface area contributed by atoms with E-state index < -0.39 is 20.9 Å². The number of likely N-dealkylation sites (N-methyl/N-ethyl adjacent to an activating group) is 1. The van der Waals surface area contributed by atoms with E-state index in [4.69, 9.17) is 11.6 Å². The van der Waals surface area contributed by atoms with Crippen LogP contribution in [-0.2, 0) is 16.3 Å². The lowest BCUT2D eigenvalue weighted by Crippen LogP contribution is -2.43. The summed E-state index contributed by atoms with van der Waals surface area (Å²) in [5.74, 6) is -0.406. The third-order valence-electron chi connectivity index (χ3n) is 3.19. The highest BCUT2D eigenvalue weighted by Gasteiger charge is 2.26. The van der Waals surface area contributed by atoms with Crippen molar-refractivity contribution in [2.45, 2.75) is 31.6 Å². The van der Waals surface area contributed by atoms with E-state index in [9.17, 15) is 12.8 Å². The molecule has 0 aliphatic carbocycles. The molecule has 0 saturated carbocycles. The highest BCUT2D eigenvalue weighted by molar-refractivity contribution is 7.91. The molecule has 1 aromatic rings. The summed E-state index contributed by atoms with van der Waals surface area (Å²) in [6.45, 7) is 4.11. The molecule has 0 radical (unpaired) electrons. The Kier molecular flexibility index (Phi) is 5.77. The van der Waals surface area contributed by atoms with Crippen LogP contribution in [0.15, 0.2) is 18.2 Å².